The van der Waals surface area contributed by atoms with Gasteiger partial charge in [0.15, 0.2) is 6.61 Å². The van der Waals surface area contributed by atoms with E-state index in [1.54, 1.807) is 25.1 Å². The van der Waals surface area contributed by atoms with Crippen LogP contribution in [0.4, 0.5) is 11.4 Å². The molecule has 2 aromatic carbocycles. The Bertz CT molecular complexity index is 1010. The summed E-state index contributed by atoms with van der Waals surface area (Å²) in [5.74, 6) is -3.00. The van der Waals surface area contributed by atoms with Crippen molar-refractivity contribution in [1.82, 2.24) is 4.90 Å². The van der Waals surface area contributed by atoms with Gasteiger partial charge in [0.25, 0.3) is 23.4 Å². The predicted octanol–water partition coefficient (Wildman–Crippen LogP) is 1.68. The SMILES string of the molecule is Cc1cccc([N+](=O)[O-])c1NC(=O)COC(=O)CN1C(=O)c2ccccc2C1=O. The van der Waals surface area contributed by atoms with Gasteiger partial charge in [-0.3, -0.25) is 34.2 Å². The molecule has 29 heavy (non-hydrogen) atoms. The summed E-state index contributed by atoms with van der Waals surface area (Å²) in [6.07, 6.45) is 0. The van der Waals surface area contributed by atoms with E-state index in [2.05, 4.69) is 5.32 Å². The fraction of sp³-hybridized carbons (Fsp3) is 0.158. The van der Waals surface area contributed by atoms with Gasteiger partial charge in [-0.2, -0.15) is 0 Å². The number of hydrogen-bond acceptors (Lipinski definition) is 7. The summed E-state index contributed by atoms with van der Waals surface area (Å²) in [6.45, 7) is 0.203. The van der Waals surface area contributed by atoms with Crippen LogP contribution >= 0.6 is 0 Å². The van der Waals surface area contributed by atoms with Gasteiger partial charge >= 0.3 is 5.97 Å². The second-order valence-electron chi connectivity index (χ2n) is 6.18. The highest BCUT2D eigenvalue weighted by molar-refractivity contribution is 6.22. The van der Waals surface area contributed by atoms with Gasteiger partial charge in [0.05, 0.1) is 16.1 Å². The Morgan fingerprint density at radius 3 is 2.28 bits per heavy atom. The van der Waals surface area contributed by atoms with Crippen LogP contribution in [0.25, 0.3) is 0 Å². The minimum atomic E-state index is -0.964. The quantitative estimate of drug-likeness (QED) is 0.339. The number of nitro groups is 1. The number of para-hydroxylation sites is 1. The number of anilines is 1. The average Bonchev–Trinajstić information content (AvgIpc) is 2.93. The van der Waals surface area contributed by atoms with Crippen LogP contribution in [0.3, 0.4) is 0 Å². The van der Waals surface area contributed by atoms with Crippen molar-refractivity contribution in [3.8, 4) is 0 Å². The van der Waals surface area contributed by atoms with Crippen LogP contribution in [-0.4, -0.2) is 46.7 Å². The Kier molecular flexibility index (Phi) is 5.35. The first-order valence-corrected chi connectivity index (χ1v) is 8.44. The van der Waals surface area contributed by atoms with Gasteiger partial charge in [-0.05, 0) is 24.6 Å². The normalized spacial score (nSPS) is 12.5. The van der Waals surface area contributed by atoms with Crippen molar-refractivity contribution in [3.05, 3.63) is 69.3 Å². The number of amides is 3. The number of fused-ring (bicyclic) bond motifs is 1. The molecule has 10 nitrogen and oxygen atoms in total. The number of benzene rings is 2. The molecule has 0 saturated carbocycles. The van der Waals surface area contributed by atoms with Gasteiger partial charge in [0, 0.05) is 6.07 Å². The van der Waals surface area contributed by atoms with Crippen LogP contribution in [0.15, 0.2) is 42.5 Å². The molecule has 0 radical (unpaired) electrons. The van der Waals surface area contributed by atoms with Gasteiger partial charge in [-0.15, -0.1) is 0 Å². The van der Waals surface area contributed by atoms with E-state index in [9.17, 15) is 29.3 Å². The van der Waals surface area contributed by atoms with Gasteiger partial charge < -0.3 is 10.1 Å². The molecule has 0 fully saturated rings. The summed E-state index contributed by atoms with van der Waals surface area (Å²) in [7, 11) is 0. The van der Waals surface area contributed by atoms with Crippen molar-refractivity contribution in [1.29, 1.82) is 0 Å². The molecule has 3 amide bonds. The summed E-state index contributed by atoms with van der Waals surface area (Å²) < 4.78 is 4.81. The molecule has 148 valence electrons. The molecule has 0 aromatic heterocycles. The fourth-order valence-corrected chi connectivity index (χ4v) is 2.85. The number of imide groups is 1. The van der Waals surface area contributed by atoms with Crippen LogP contribution in [0.2, 0.25) is 0 Å². The Labute approximate surface area is 164 Å². The molecular weight excluding hydrogens is 382 g/mol. The number of aryl methyl sites for hydroxylation is 1. The number of ether oxygens (including phenoxy) is 1. The molecule has 0 spiro atoms. The maximum Gasteiger partial charge on any atom is 0.326 e. The molecular formula is C19H15N3O7. The number of nitrogens with one attached hydrogen (secondary N) is 1. The molecule has 1 N–H and O–H groups in total. The van der Waals surface area contributed by atoms with Crippen LogP contribution in [0.1, 0.15) is 26.3 Å². The third-order valence-electron chi connectivity index (χ3n) is 4.24. The van der Waals surface area contributed by atoms with Gasteiger partial charge in [-0.25, -0.2) is 0 Å². The van der Waals surface area contributed by atoms with Crippen LogP contribution < -0.4 is 5.32 Å². The molecule has 3 rings (SSSR count). The number of carbonyl (C=O) groups is 4. The highest BCUT2D eigenvalue weighted by atomic mass is 16.6. The number of nitro benzene ring substituents is 1. The van der Waals surface area contributed by atoms with Crippen LogP contribution in [0.5, 0.6) is 0 Å². The molecule has 0 atom stereocenters. The molecule has 10 heteroatoms. The standard InChI is InChI=1S/C19H15N3O7/c1-11-5-4-8-14(22(27)28)17(11)20-15(23)10-29-16(24)9-21-18(25)12-6-2-3-7-13(12)19(21)26/h2-8H,9-10H2,1H3,(H,20,23). The van der Waals surface area contributed by atoms with E-state index in [4.69, 9.17) is 4.74 Å². The highest BCUT2D eigenvalue weighted by Gasteiger charge is 2.36. The van der Waals surface area contributed by atoms with Gasteiger partial charge in [-0.1, -0.05) is 24.3 Å². The lowest BCUT2D eigenvalue weighted by Crippen LogP contribution is -2.36. The second kappa shape index (κ2) is 7.89. The van der Waals surface area contributed by atoms with Gasteiger partial charge in [0.2, 0.25) is 0 Å². The zero-order valence-corrected chi connectivity index (χ0v) is 15.2. The maximum absolute atomic E-state index is 12.2. The van der Waals surface area contributed by atoms with E-state index in [0.717, 1.165) is 4.90 Å². The van der Waals surface area contributed by atoms with E-state index >= 15 is 0 Å². The zero-order chi connectivity index (χ0) is 21.1. The Balaban J connectivity index is 1.58. The van der Waals surface area contributed by atoms with Crippen LogP contribution in [-0.2, 0) is 14.3 Å². The molecule has 2 aromatic rings. The molecule has 1 aliphatic heterocycles. The topological polar surface area (TPSA) is 136 Å². The summed E-state index contributed by atoms with van der Waals surface area (Å²) in [5, 5.41) is 13.4. The Hall–Kier alpha value is -4.08. The molecule has 0 aliphatic carbocycles. The Morgan fingerprint density at radius 1 is 1.07 bits per heavy atom. The number of hydrogen-bond donors (Lipinski definition) is 1. The first-order valence-electron chi connectivity index (χ1n) is 8.44. The summed E-state index contributed by atoms with van der Waals surface area (Å²) in [6, 6.07) is 10.4. The van der Waals surface area contributed by atoms with Crippen molar-refractivity contribution in [2.24, 2.45) is 0 Å². The minimum absolute atomic E-state index is 0.00102. The van der Waals surface area contributed by atoms with Crippen molar-refractivity contribution in [2.75, 3.05) is 18.5 Å². The third-order valence-corrected chi connectivity index (χ3v) is 4.24. The lowest BCUT2D eigenvalue weighted by Gasteiger charge is -2.13. The van der Waals surface area contributed by atoms with Crippen molar-refractivity contribution in [2.45, 2.75) is 6.92 Å². The summed E-state index contributed by atoms with van der Waals surface area (Å²) in [5.41, 5.74) is 0.546. The summed E-state index contributed by atoms with van der Waals surface area (Å²) in [4.78, 5) is 59.6. The van der Waals surface area contributed by atoms with Crippen molar-refractivity contribution >= 4 is 35.1 Å². The molecule has 0 unspecified atom stereocenters. The molecule has 0 saturated heterocycles. The third kappa shape index (κ3) is 3.95. The largest absolute Gasteiger partial charge is 0.454 e. The second-order valence-corrected chi connectivity index (χ2v) is 6.18. The van der Waals surface area contributed by atoms with Crippen LogP contribution in [0, 0.1) is 17.0 Å². The van der Waals surface area contributed by atoms with E-state index in [1.165, 1.54) is 24.3 Å². The first-order chi connectivity index (χ1) is 13.8. The number of carbonyl (C=O) groups excluding carboxylic acids is 4. The Morgan fingerprint density at radius 2 is 1.69 bits per heavy atom. The van der Waals surface area contributed by atoms with Crippen molar-refractivity contribution in [3.63, 3.8) is 0 Å². The van der Waals surface area contributed by atoms with E-state index < -0.39 is 41.8 Å². The van der Waals surface area contributed by atoms with Gasteiger partial charge in [0.1, 0.15) is 12.2 Å². The number of esters is 1. The highest BCUT2D eigenvalue weighted by Crippen LogP contribution is 2.27. The van der Waals surface area contributed by atoms with E-state index in [-0.39, 0.29) is 22.5 Å². The van der Waals surface area contributed by atoms with Crippen molar-refractivity contribution < 1.29 is 28.8 Å². The first kappa shape index (κ1) is 19.7. The lowest BCUT2D eigenvalue weighted by atomic mass is 10.1. The lowest BCUT2D eigenvalue weighted by molar-refractivity contribution is -0.384. The summed E-state index contributed by atoms with van der Waals surface area (Å²) >= 11 is 0. The number of nitrogens with zero attached hydrogens (tertiary/aromatic N) is 2. The average molecular weight is 397 g/mol. The van der Waals surface area contributed by atoms with E-state index in [0.29, 0.717) is 5.56 Å². The monoisotopic (exact) mass is 397 g/mol. The predicted molar refractivity (Wildman–Crippen MR) is 99.2 cm³/mol. The fourth-order valence-electron chi connectivity index (χ4n) is 2.85. The zero-order valence-electron chi connectivity index (χ0n) is 15.2. The molecule has 1 heterocycles. The van der Waals surface area contributed by atoms with E-state index in [1.807, 2.05) is 0 Å². The molecule has 0 bridgehead atoms. The molecule has 1 aliphatic rings. The maximum atomic E-state index is 12.2. The minimum Gasteiger partial charge on any atom is -0.454 e. The number of rotatable bonds is 6. The smallest absolute Gasteiger partial charge is 0.326 e.